The highest BCUT2D eigenvalue weighted by atomic mass is 35.5. The van der Waals surface area contributed by atoms with Crippen LogP contribution in [-0.2, 0) is 4.79 Å². The van der Waals surface area contributed by atoms with E-state index < -0.39 is 0 Å². The molecule has 0 aliphatic carbocycles. The van der Waals surface area contributed by atoms with Gasteiger partial charge in [-0.2, -0.15) is 4.68 Å². The van der Waals surface area contributed by atoms with Crippen LogP contribution in [0.2, 0.25) is 5.02 Å². The van der Waals surface area contributed by atoms with Crippen molar-refractivity contribution < 1.29 is 4.79 Å². The molecular formula is C19H20ClN5OS. The summed E-state index contributed by atoms with van der Waals surface area (Å²) in [6.45, 7) is 6.01. The molecule has 1 atom stereocenters. The van der Waals surface area contributed by atoms with Crippen molar-refractivity contribution in [1.29, 1.82) is 0 Å². The Labute approximate surface area is 167 Å². The summed E-state index contributed by atoms with van der Waals surface area (Å²) in [7, 11) is 0. The molecule has 2 aromatic carbocycles. The molecule has 1 heterocycles. The van der Waals surface area contributed by atoms with Crippen molar-refractivity contribution in [2.24, 2.45) is 0 Å². The van der Waals surface area contributed by atoms with Crippen LogP contribution < -0.4 is 5.32 Å². The second-order valence-electron chi connectivity index (χ2n) is 6.22. The zero-order valence-corrected chi connectivity index (χ0v) is 16.9. The van der Waals surface area contributed by atoms with E-state index in [1.807, 2.05) is 63.2 Å². The first-order valence-corrected chi connectivity index (χ1v) is 9.84. The highest BCUT2D eigenvalue weighted by molar-refractivity contribution is 7.99. The molecule has 8 heteroatoms. The fourth-order valence-corrected chi connectivity index (χ4v) is 3.45. The van der Waals surface area contributed by atoms with Gasteiger partial charge in [0.15, 0.2) is 0 Å². The van der Waals surface area contributed by atoms with Crippen LogP contribution >= 0.6 is 23.4 Å². The van der Waals surface area contributed by atoms with Crippen molar-refractivity contribution in [3.05, 3.63) is 64.2 Å². The van der Waals surface area contributed by atoms with E-state index in [-0.39, 0.29) is 17.7 Å². The molecular weight excluding hydrogens is 382 g/mol. The van der Waals surface area contributed by atoms with Gasteiger partial charge in [-0.15, -0.1) is 5.10 Å². The molecule has 0 aliphatic heterocycles. The van der Waals surface area contributed by atoms with Crippen molar-refractivity contribution in [1.82, 2.24) is 25.5 Å². The van der Waals surface area contributed by atoms with Gasteiger partial charge in [-0.1, -0.05) is 47.6 Å². The summed E-state index contributed by atoms with van der Waals surface area (Å²) in [6.07, 6.45) is 0. The molecule has 3 aromatic rings. The fraction of sp³-hybridized carbons (Fsp3) is 0.263. The third kappa shape index (κ3) is 4.67. The standard InChI is InChI=1S/C19H20ClN5OS/c1-12-5-4-6-17(13(12)2)25-19(22-23-24-25)27-11-18(26)21-14(3)15-7-9-16(20)10-8-15/h4-10,14H,11H2,1-3H3,(H,21,26)/t14-/m1/s1. The molecule has 27 heavy (non-hydrogen) atoms. The van der Waals surface area contributed by atoms with Gasteiger partial charge in [-0.25, -0.2) is 0 Å². The molecule has 1 N–H and O–H groups in total. The highest BCUT2D eigenvalue weighted by Crippen LogP contribution is 2.22. The third-order valence-corrected chi connectivity index (χ3v) is 5.50. The number of carbonyl (C=O) groups is 1. The summed E-state index contributed by atoms with van der Waals surface area (Å²) in [5.74, 6) is 0.140. The Morgan fingerprint density at radius 3 is 2.70 bits per heavy atom. The van der Waals surface area contributed by atoms with Crippen LogP contribution in [0.4, 0.5) is 0 Å². The zero-order chi connectivity index (χ0) is 19.4. The minimum Gasteiger partial charge on any atom is -0.349 e. The van der Waals surface area contributed by atoms with Crippen molar-refractivity contribution in [3.63, 3.8) is 0 Å². The van der Waals surface area contributed by atoms with Crippen LogP contribution in [0.3, 0.4) is 0 Å². The summed E-state index contributed by atoms with van der Waals surface area (Å²) in [5.41, 5.74) is 4.18. The normalized spacial score (nSPS) is 12.0. The minimum absolute atomic E-state index is 0.0852. The van der Waals surface area contributed by atoms with E-state index in [9.17, 15) is 4.79 Å². The Morgan fingerprint density at radius 2 is 1.96 bits per heavy atom. The molecule has 0 radical (unpaired) electrons. The number of tetrazole rings is 1. The number of halogens is 1. The van der Waals surface area contributed by atoms with E-state index in [1.54, 1.807) is 4.68 Å². The van der Waals surface area contributed by atoms with Gasteiger partial charge in [0.05, 0.1) is 17.5 Å². The van der Waals surface area contributed by atoms with Crippen molar-refractivity contribution in [2.75, 3.05) is 5.75 Å². The lowest BCUT2D eigenvalue weighted by Crippen LogP contribution is -2.28. The summed E-state index contributed by atoms with van der Waals surface area (Å²) in [6, 6.07) is 13.3. The molecule has 1 amide bonds. The maximum Gasteiger partial charge on any atom is 0.230 e. The lowest BCUT2D eigenvalue weighted by atomic mass is 10.1. The second kappa shape index (κ2) is 8.54. The van der Waals surface area contributed by atoms with Crippen LogP contribution in [0.15, 0.2) is 47.6 Å². The van der Waals surface area contributed by atoms with E-state index in [1.165, 1.54) is 11.8 Å². The van der Waals surface area contributed by atoms with E-state index in [4.69, 9.17) is 11.6 Å². The molecule has 0 fully saturated rings. The average molecular weight is 402 g/mol. The van der Waals surface area contributed by atoms with Crippen LogP contribution in [0.25, 0.3) is 5.69 Å². The summed E-state index contributed by atoms with van der Waals surface area (Å²) >= 11 is 7.21. The molecule has 0 bridgehead atoms. The molecule has 0 unspecified atom stereocenters. The summed E-state index contributed by atoms with van der Waals surface area (Å²) < 4.78 is 1.67. The predicted octanol–water partition coefficient (Wildman–Crippen LogP) is 3.90. The van der Waals surface area contributed by atoms with Gasteiger partial charge < -0.3 is 5.32 Å². The summed E-state index contributed by atoms with van der Waals surface area (Å²) in [4.78, 5) is 12.3. The SMILES string of the molecule is Cc1cccc(-n2nnnc2SCC(=O)N[C@H](C)c2ccc(Cl)cc2)c1C. The fourth-order valence-electron chi connectivity index (χ4n) is 2.63. The molecule has 140 valence electrons. The smallest absolute Gasteiger partial charge is 0.230 e. The van der Waals surface area contributed by atoms with Gasteiger partial charge >= 0.3 is 0 Å². The number of hydrogen-bond acceptors (Lipinski definition) is 5. The van der Waals surface area contributed by atoms with E-state index in [0.29, 0.717) is 10.2 Å². The lowest BCUT2D eigenvalue weighted by Gasteiger charge is -2.14. The highest BCUT2D eigenvalue weighted by Gasteiger charge is 2.15. The first kappa shape index (κ1) is 19.4. The number of amides is 1. The van der Waals surface area contributed by atoms with Gasteiger partial charge in [-0.05, 0) is 66.1 Å². The number of carbonyl (C=O) groups excluding carboxylic acids is 1. The van der Waals surface area contributed by atoms with Gasteiger partial charge in [0.25, 0.3) is 0 Å². The molecule has 1 aromatic heterocycles. The van der Waals surface area contributed by atoms with E-state index in [0.717, 1.165) is 22.4 Å². The molecule has 0 saturated heterocycles. The quantitative estimate of drug-likeness (QED) is 0.634. The lowest BCUT2D eigenvalue weighted by molar-refractivity contribution is -0.119. The van der Waals surface area contributed by atoms with Crippen molar-refractivity contribution in [3.8, 4) is 5.69 Å². The maximum absolute atomic E-state index is 12.3. The molecule has 0 aliphatic rings. The van der Waals surface area contributed by atoms with Crippen LogP contribution in [0.1, 0.15) is 29.7 Å². The number of aromatic nitrogens is 4. The first-order chi connectivity index (χ1) is 13.0. The summed E-state index contributed by atoms with van der Waals surface area (Å²) in [5, 5.41) is 16.1. The zero-order valence-electron chi connectivity index (χ0n) is 15.3. The van der Waals surface area contributed by atoms with Crippen molar-refractivity contribution in [2.45, 2.75) is 32.0 Å². The average Bonchev–Trinajstić information content (AvgIpc) is 3.11. The number of benzene rings is 2. The molecule has 0 spiro atoms. The van der Waals surface area contributed by atoms with Crippen LogP contribution in [0, 0.1) is 13.8 Å². The van der Waals surface area contributed by atoms with Crippen LogP contribution in [0.5, 0.6) is 0 Å². The van der Waals surface area contributed by atoms with E-state index >= 15 is 0 Å². The number of rotatable bonds is 6. The minimum atomic E-state index is -0.106. The van der Waals surface area contributed by atoms with Gasteiger partial charge in [0.1, 0.15) is 0 Å². The number of nitrogens with one attached hydrogen (secondary N) is 1. The largest absolute Gasteiger partial charge is 0.349 e. The molecule has 3 rings (SSSR count). The van der Waals surface area contributed by atoms with Gasteiger partial charge in [0.2, 0.25) is 11.1 Å². The first-order valence-electron chi connectivity index (χ1n) is 8.48. The van der Waals surface area contributed by atoms with E-state index in [2.05, 4.69) is 20.8 Å². The maximum atomic E-state index is 12.3. The molecule has 6 nitrogen and oxygen atoms in total. The van der Waals surface area contributed by atoms with Gasteiger partial charge in [-0.3, -0.25) is 4.79 Å². The monoisotopic (exact) mass is 401 g/mol. The molecule has 0 saturated carbocycles. The van der Waals surface area contributed by atoms with Crippen LogP contribution in [-0.4, -0.2) is 31.9 Å². The van der Waals surface area contributed by atoms with Crippen molar-refractivity contribution >= 4 is 29.3 Å². The Balaban J connectivity index is 1.64. The third-order valence-electron chi connectivity index (χ3n) is 4.32. The number of hydrogen-bond donors (Lipinski definition) is 1. The predicted molar refractivity (Wildman–Crippen MR) is 107 cm³/mol. The number of aryl methyl sites for hydroxylation is 1. The Hall–Kier alpha value is -2.38. The number of nitrogens with zero attached hydrogens (tertiary/aromatic N) is 4. The Bertz CT molecular complexity index is 942. The topological polar surface area (TPSA) is 72.7 Å². The van der Waals surface area contributed by atoms with Gasteiger partial charge in [0, 0.05) is 5.02 Å². The Kier molecular flexibility index (Phi) is 6.13. The second-order valence-corrected chi connectivity index (χ2v) is 7.60. The number of thioether (sulfide) groups is 1. The Morgan fingerprint density at radius 1 is 1.22 bits per heavy atom.